The van der Waals surface area contributed by atoms with Crippen LogP contribution < -0.4 is 10.2 Å². The van der Waals surface area contributed by atoms with Crippen LogP contribution in [0.25, 0.3) is 0 Å². The number of fused-ring (bicyclic) bond motifs is 1. The Morgan fingerprint density at radius 2 is 1.76 bits per heavy atom. The largest absolute Gasteiger partial charge is 0.325 e. The first kappa shape index (κ1) is 18.9. The highest BCUT2D eigenvalue weighted by Gasteiger charge is 2.50. The number of hydrogen-bond donors (Lipinski definition) is 1. The Morgan fingerprint density at radius 3 is 2.48 bits per heavy atom. The number of para-hydroxylation sites is 1. The number of carbonyl (C=O) groups is 2. The van der Waals surface area contributed by atoms with E-state index in [1.165, 1.54) is 0 Å². The van der Waals surface area contributed by atoms with Crippen LogP contribution in [0, 0.1) is 6.92 Å². The lowest BCUT2D eigenvalue weighted by molar-refractivity contribution is -0.127. The van der Waals surface area contributed by atoms with Crippen molar-refractivity contribution >= 4 is 23.2 Å². The van der Waals surface area contributed by atoms with Crippen LogP contribution in [0.1, 0.15) is 23.2 Å². The number of anilines is 2. The van der Waals surface area contributed by atoms with Gasteiger partial charge in [0, 0.05) is 24.8 Å². The standard InChI is InChI=1S/C24H23N3O2/c1-17-12-13-19(16-25-17)26-22(28)15-24(14-18-8-4-3-5-9-18)20-10-6-7-11-21(20)27(2)23(24)29/h3-13,16H,14-15H2,1-2H3,(H,26,28)/t24-/m1/s1. The van der Waals surface area contributed by atoms with E-state index in [0.29, 0.717) is 12.1 Å². The van der Waals surface area contributed by atoms with E-state index in [9.17, 15) is 9.59 Å². The molecule has 0 saturated carbocycles. The van der Waals surface area contributed by atoms with Crippen LogP contribution >= 0.6 is 0 Å². The van der Waals surface area contributed by atoms with Gasteiger partial charge in [-0.15, -0.1) is 0 Å². The zero-order valence-electron chi connectivity index (χ0n) is 16.6. The molecular weight excluding hydrogens is 362 g/mol. The maximum atomic E-state index is 13.5. The molecule has 0 radical (unpaired) electrons. The molecule has 2 aromatic carbocycles. The van der Waals surface area contributed by atoms with E-state index < -0.39 is 5.41 Å². The molecule has 2 amide bonds. The summed E-state index contributed by atoms with van der Waals surface area (Å²) in [6.45, 7) is 1.89. The Bertz CT molecular complexity index is 1050. The van der Waals surface area contributed by atoms with E-state index >= 15 is 0 Å². The van der Waals surface area contributed by atoms with Crippen molar-refractivity contribution in [3.63, 3.8) is 0 Å². The van der Waals surface area contributed by atoms with Crippen molar-refractivity contribution in [3.05, 3.63) is 89.7 Å². The molecule has 1 aliphatic rings. The fourth-order valence-electron chi connectivity index (χ4n) is 4.09. The third kappa shape index (κ3) is 3.51. The monoisotopic (exact) mass is 385 g/mol. The molecule has 0 bridgehead atoms. The second-order valence-electron chi connectivity index (χ2n) is 7.54. The first-order valence-corrected chi connectivity index (χ1v) is 9.64. The van der Waals surface area contributed by atoms with Crippen LogP contribution in [0.5, 0.6) is 0 Å². The first-order valence-electron chi connectivity index (χ1n) is 9.64. The number of rotatable bonds is 5. The predicted molar refractivity (Wildman–Crippen MR) is 114 cm³/mol. The lowest BCUT2D eigenvalue weighted by atomic mass is 9.73. The van der Waals surface area contributed by atoms with Crippen molar-refractivity contribution in [1.82, 2.24) is 4.98 Å². The number of carbonyl (C=O) groups excluding carboxylic acids is 2. The van der Waals surface area contributed by atoms with Gasteiger partial charge in [0.05, 0.1) is 17.3 Å². The molecule has 1 atom stereocenters. The SMILES string of the molecule is Cc1ccc(NC(=O)C[C@@]2(Cc3ccccc3)C(=O)N(C)c3ccccc32)cn1. The van der Waals surface area contributed by atoms with Crippen LogP contribution in [-0.4, -0.2) is 23.8 Å². The zero-order chi connectivity index (χ0) is 20.4. The van der Waals surface area contributed by atoms with Gasteiger partial charge in [-0.25, -0.2) is 0 Å². The first-order chi connectivity index (χ1) is 14.0. The van der Waals surface area contributed by atoms with Crippen molar-refractivity contribution in [2.24, 2.45) is 0 Å². The molecule has 4 rings (SSSR count). The molecule has 0 spiro atoms. The van der Waals surface area contributed by atoms with Gasteiger partial charge in [-0.3, -0.25) is 14.6 Å². The molecule has 5 nitrogen and oxygen atoms in total. The molecule has 29 heavy (non-hydrogen) atoms. The predicted octanol–water partition coefficient (Wildman–Crippen LogP) is 3.88. The molecule has 0 saturated heterocycles. The Labute approximate surface area is 170 Å². The van der Waals surface area contributed by atoms with Crippen molar-refractivity contribution in [3.8, 4) is 0 Å². The van der Waals surface area contributed by atoms with E-state index in [2.05, 4.69) is 10.3 Å². The van der Waals surface area contributed by atoms with Gasteiger partial charge in [0.15, 0.2) is 0 Å². The normalized spacial score (nSPS) is 17.9. The molecule has 1 N–H and O–H groups in total. The molecule has 2 heterocycles. The lowest BCUT2D eigenvalue weighted by Gasteiger charge is -2.28. The molecule has 5 heteroatoms. The summed E-state index contributed by atoms with van der Waals surface area (Å²) in [5, 5.41) is 2.90. The van der Waals surface area contributed by atoms with E-state index in [4.69, 9.17) is 0 Å². The summed E-state index contributed by atoms with van der Waals surface area (Å²) in [5.74, 6) is -0.259. The van der Waals surface area contributed by atoms with E-state index in [0.717, 1.165) is 22.5 Å². The van der Waals surface area contributed by atoms with E-state index in [1.807, 2.05) is 73.7 Å². The van der Waals surface area contributed by atoms with Crippen molar-refractivity contribution < 1.29 is 9.59 Å². The molecular formula is C24H23N3O2. The summed E-state index contributed by atoms with van der Waals surface area (Å²) in [7, 11) is 1.77. The Morgan fingerprint density at radius 1 is 1.03 bits per heavy atom. The number of aromatic nitrogens is 1. The number of pyridine rings is 1. The topological polar surface area (TPSA) is 62.3 Å². The van der Waals surface area contributed by atoms with Gasteiger partial charge in [0.25, 0.3) is 0 Å². The minimum absolute atomic E-state index is 0.0558. The number of nitrogens with zero attached hydrogens (tertiary/aromatic N) is 2. The summed E-state index contributed by atoms with van der Waals surface area (Å²) < 4.78 is 0. The van der Waals surface area contributed by atoms with E-state index in [1.54, 1.807) is 18.1 Å². The second kappa shape index (κ2) is 7.51. The molecule has 0 fully saturated rings. The van der Waals surface area contributed by atoms with Gasteiger partial charge in [-0.1, -0.05) is 48.5 Å². The lowest BCUT2D eigenvalue weighted by Crippen LogP contribution is -2.43. The number of amides is 2. The highest BCUT2D eigenvalue weighted by atomic mass is 16.2. The van der Waals surface area contributed by atoms with Crippen LogP contribution in [0.2, 0.25) is 0 Å². The molecule has 0 aliphatic carbocycles. The number of benzene rings is 2. The Hall–Kier alpha value is -3.47. The van der Waals surface area contributed by atoms with Gasteiger partial charge in [0.1, 0.15) is 0 Å². The van der Waals surface area contributed by atoms with Gasteiger partial charge >= 0.3 is 0 Å². The minimum Gasteiger partial charge on any atom is -0.325 e. The Kier molecular flexibility index (Phi) is 4.89. The Balaban J connectivity index is 1.70. The van der Waals surface area contributed by atoms with Crippen molar-refractivity contribution in [2.75, 3.05) is 17.3 Å². The summed E-state index contributed by atoms with van der Waals surface area (Å²) in [6.07, 6.45) is 2.16. The molecule has 1 aliphatic heterocycles. The van der Waals surface area contributed by atoms with Crippen LogP contribution in [-0.2, 0) is 21.4 Å². The highest BCUT2D eigenvalue weighted by Crippen LogP contribution is 2.45. The van der Waals surface area contributed by atoms with Crippen molar-refractivity contribution in [1.29, 1.82) is 0 Å². The molecule has 146 valence electrons. The number of likely N-dealkylation sites (N-methyl/N-ethyl adjacent to an activating group) is 1. The third-order valence-corrected chi connectivity index (χ3v) is 5.50. The summed E-state index contributed by atoms with van der Waals surface area (Å²) in [4.78, 5) is 32.3. The van der Waals surface area contributed by atoms with Crippen LogP contribution in [0.15, 0.2) is 72.9 Å². The van der Waals surface area contributed by atoms with Gasteiger partial charge < -0.3 is 10.2 Å². The van der Waals surface area contributed by atoms with Gasteiger partial charge in [-0.05, 0) is 42.7 Å². The number of hydrogen-bond acceptors (Lipinski definition) is 3. The summed E-state index contributed by atoms with van der Waals surface area (Å²) in [6, 6.07) is 21.2. The molecule has 3 aromatic rings. The number of aryl methyl sites for hydroxylation is 1. The van der Waals surface area contributed by atoms with E-state index in [-0.39, 0.29) is 18.2 Å². The van der Waals surface area contributed by atoms with Crippen molar-refractivity contribution in [2.45, 2.75) is 25.2 Å². The zero-order valence-corrected chi connectivity index (χ0v) is 16.6. The van der Waals surface area contributed by atoms with Crippen LogP contribution in [0.4, 0.5) is 11.4 Å². The average molecular weight is 385 g/mol. The minimum atomic E-state index is -0.936. The smallest absolute Gasteiger partial charge is 0.238 e. The average Bonchev–Trinajstić information content (AvgIpc) is 2.93. The highest BCUT2D eigenvalue weighted by molar-refractivity contribution is 6.10. The van der Waals surface area contributed by atoms with Crippen LogP contribution in [0.3, 0.4) is 0 Å². The fraction of sp³-hybridized carbons (Fsp3) is 0.208. The number of nitrogens with one attached hydrogen (secondary N) is 1. The van der Waals surface area contributed by atoms with Gasteiger partial charge in [0.2, 0.25) is 11.8 Å². The molecule has 1 aromatic heterocycles. The fourth-order valence-corrected chi connectivity index (χ4v) is 4.09. The van der Waals surface area contributed by atoms with Gasteiger partial charge in [-0.2, -0.15) is 0 Å². The second-order valence-corrected chi connectivity index (χ2v) is 7.54. The summed E-state index contributed by atoms with van der Waals surface area (Å²) >= 11 is 0. The summed E-state index contributed by atoms with van der Waals surface area (Å²) in [5.41, 5.74) is 3.35. The molecule has 0 unspecified atom stereocenters. The quantitative estimate of drug-likeness (QED) is 0.725. The maximum Gasteiger partial charge on any atom is 0.238 e. The third-order valence-electron chi connectivity index (χ3n) is 5.50. The maximum absolute atomic E-state index is 13.5.